The second-order valence-electron chi connectivity index (χ2n) is 5.00. The van der Waals surface area contributed by atoms with Crippen molar-refractivity contribution in [2.75, 3.05) is 7.11 Å². The van der Waals surface area contributed by atoms with Crippen molar-refractivity contribution < 1.29 is 23.1 Å². The summed E-state index contributed by atoms with van der Waals surface area (Å²) in [7, 11) is -2.55. The third-order valence-corrected chi connectivity index (χ3v) is 4.84. The van der Waals surface area contributed by atoms with Crippen LogP contribution in [-0.4, -0.2) is 31.6 Å². The van der Waals surface area contributed by atoms with Gasteiger partial charge in [-0.3, -0.25) is 4.98 Å². The summed E-state index contributed by atoms with van der Waals surface area (Å²) in [6.07, 6.45) is 2.45. The van der Waals surface area contributed by atoms with Crippen LogP contribution in [-0.2, 0) is 23.0 Å². The highest BCUT2D eigenvalue weighted by molar-refractivity contribution is 7.89. The lowest BCUT2D eigenvalue weighted by molar-refractivity contribution is 0.0693. The molecule has 0 fully saturated rings. The summed E-state index contributed by atoms with van der Waals surface area (Å²) in [4.78, 5) is 15.2. The zero-order valence-electron chi connectivity index (χ0n) is 13.3. The Hall–Kier alpha value is -2.45. The molecule has 0 saturated carbocycles. The molecule has 0 aliphatic heterocycles. The normalized spacial score (nSPS) is 11.2. The number of nitrogens with zero attached hydrogens (tertiary/aromatic N) is 1. The zero-order valence-corrected chi connectivity index (χ0v) is 14.1. The third kappa shape index (κ3) is 4.09. The van der Waals surface area contributed by atoms with Crippen molar-refractivity contribution in [3.63, 3.8) is 0 Å². The average Bonchev–Trinajstić information content (AvgIpc) is 2.59. The molecule has 0 aliphatic rings. The lowest BCUT2D eigenvalue weighted by Gasteiger charge is -2.10. The highest BCUT2D eigenvalue weighted by Crippen LogP contribution is 2.22. The number of pyridine rings is 1. The van der Waals surface area contributed by atoms with Gasteiger partial charge in [0.05, 0.1) is 24.2 Å². The summed E-state index contributed by atoms with van der Waals surface area (Å²) in [6.45, 7) is 2.01. The van der Waals surface area contributed by atoms with Gasteiger partial charge in [-0.1, -0.05) is 6.92 Å². The number of carbonyl (C=O) groups is 1. The number of aryl methyl sites for hydroxylation is 1. The second-order valence-corrected chi connectivity index (χ2v) is 6.77. The largest absolute Gasteiger partial charge is 0.496 e. The number of carboxylic acids is 1. The topological polar surface area (TPSA) is 106 Å². The van der Waals surface area contributed by atoms with Gasteiger partial charge in [-0.25, -0.2) is 17.9 Å². The van der Waals surface area contributed by atoms with E-state index in [9.17, 15) is 13.2 Å². The number of aromatic nitrogens is 1. The number of hydrogen-bond acceptors (Lipinski definition) is 5. The minimum atomic E-state index is -3.87. The van der Waals surface area contributed by atoms with E-state index in [1.165, 1.54) is 19.2 Å². The van der Waals surface area contributed by atoms with Crippen LogP contribution < -0.4 is 9.46 Å². The average molecular weight is 350 g/mol. The first kappa shape index (κ1) is 17.9. The molecule has 0 unspecified atom stereocenters. The maximum absolute atomic E-state index is 12.4. The molecule has 7 nitrogen and oxygen atoms in total. The van der Waals surface area contributed by atoms with Gasteiger partial charge in [0.1, 0.15) is 11.3 Å². The van der Waals surface area contributed by atoms with Crippen LogP contribution in [0.1, 0.15) is 28.5 Å². The van der Waals surface area contributed by atoms with E-state index in [-0.39, 0.29) is 22.8 Å². The quantitative estimate of drug-likeness (QED) is 0.789. The smallest absolute Gasteiger partial charge is 0.339 e. The molecule has 0 spiro atoms. The second kappa shape index (κ2) is 7.41. The molecule has 2 aromatic rings. The maximum Gasteiger partial charge on any atom is 0.339 e. The van der Waals surface area contributed by atoms with Crippen molar-refractivity contribution in [2.24, 2.45) is 0 Å². The lowest BCUT2D eigenvalue weighted by Crippen LogP contribution is -2.24. The van der Waals surface area contributed by atoms with Crippen LogP contribution in [0.3, 0.4) is 0 Å². The molecule has 0 aliphatic carbocycles. The van der Waals surface area contributed by atoms with Crippen molar-refractivity contribution >= 4 is 16.0 Å². The van der Waals surface area contributed by atoms with Crippen LogP contribution in [0.5, 0.6) is 5.75 Å². The predicted molar refractivity (Wildman–Crippen MR) is 87.6 cm³/mol. The van der Waals surface area contributed by atoms with E-state index in [2.05, 4.69) is 9.71 Å². The van der Waals surface area contributed by atoms with Gasteiger partial charge in [0, 0.05) is 6.20 Å². The Balaban J connectivity index is 2.24. The minimum Gasteiger partial charge on any atom is -0.496 e. The lowest BCUT2D eigenvalue weighted by atomic mass is 10.2. The molecule has 0 radical (unpaired) electrons. The predicted octanol–water partition coefficient (Wildman–Crippen LogP) is 1.83. The Morgan fingerprint density at radius 2 is 2.04 bits per heavy atom. The first-order valence-electron chi connectivity index (χ1n) is 7.22. The van der Waals surface area contributed by atoms with Crippen molar-refractivity contribution in [3.05, 3.63) is 53.3 Å². The van der Waals surface area contributed by atoms with Gasteiger partial charge in [0.2, 0.25) is 10.0 Å². The third-order valence-electron chi connectivity index (χ3n) is 3.44. The highest BCUT2D eigenvalue weighted by atomic mass is 32.2. The molecule has 2 N–H and O–H groups in total. The van der Waals surface area contributed by atoms with Gasteiger partial charge in [-0.2, -0.15) is 0 Å². The molecule has 1 aromatic carbocycles. The molecule has 0 saturated heterocycles. The van der Waals surface area contributed by atoms with Crippen molar-refractivity contribution in [3.8, 4) is 5.75 Å². The van der Waals surface area contributed by atoms with Crippen LogP contribution in [0.4, 0.5) is 0 Å². The Morgan fingerprint density at radius 3 is 2.67 bits per heavy atom. The summed E-state index contributed by atoms with van der Waals surface area (Å²) in [6, 6.07) is 7.36. The zero-order chi connectivity index (χ0) is 17.7. The van der Waals surface area contributed by atoms with E-state index in [0.717, 1.165) is 18.1 Å². The number of carboxylic acid groups (broad SMARTS) is 1. The van der Waals surface area contributed by atoms with Crippen molar-refractivity contribution in [1.82, 2.24) is 9.71 Å². The van der Waals surface area contributed by atoms with Gasteiger partial charge in [0.25, 0.3) is 0 Å². The van der Waals surface area contributed by atoms with E-state index in [4.69, 9.17) is 9.84 Å². The van der Waals surface area contributed by atoms with Crippen LogP contribution in [0.2, 0.25) is 0 Å². The summed E-state index contributed by atoms with van der Waals surface area (Å²) in [5.74, 6) is -1.17. The van der Waals surface area contributed by atoms with E-state index < -0.39 is 16.0 Å². The molecule has 1 aromatic heterocycles. The molecule has 128 valence electrons. The monoisotopic (exact) mass is 350 g/mol. The van der Waals surface area contributed by atoms with Gasteiger partial charge in [-0.15, -0.1) is 0 Å². The molecule has 0 atom stereocenters. The van der Waals surface area contributed by atoms with Crippen molar-refractivity contribution in [2.45, 2.75) is 24.8 Å². The Labute approximate surface area is 140 Å². The molecule has 1 heterocycles. The number of rotatable bonds is 7. The summed E-state index contributed by atoms with van der Waals surface area (Å²) in [5, 5.41) is 9.15. The fraction of sp³-hybridized carbons (Fsp3) is 0.250. The maximum atomic E-state index is 12.4. The van der Waals surface area contributed by atoms with E-state index >= 15 is 0 Å². The van der Waals surface area contributed by atoms with E-state index in [0.29, 0.717) is 5.69 Å². The van der Waals surface area contributed by atoms with Crippen LogP contribution in [0.25, 0.3) is 0 Å². The van der Waals surface area contributed by atoms with Gasteiger partial charge in [0.15, 0.2) is 0 Å². The van der Waals surface area contributed by atoms with E-state index in [1.54, 1.807) is 6.20 Å². The molecule has 0 amide bonds. The SMILES string of the molecule is CCc1ccnc(CNS(=O)(=O)c2ccc(OC)c(C(=O)O)c2)c1. The number of ether oxygens (including phenoxy) is 1. The molecule has 2 rings (SSSR count). The molecule has 8 heteroatoms. The minimum absolute atomic E-state index is 0.0185. The fourth-order valence-corrected chi connectivity index (χ4v) is 3.14. The standard InChI is InChI=1S/C16H18N2O5S/c1-3-11-6-7-17-12(8-11)10-18-24(21,22)13-4-5-15(23-2)14(9-13)16(19)20/h4-9,18H,3,10H2,1-2H3,(H,19,20). The Kier molecular flexibility index (Phi) is 5.53. The summed E-state index contributed by atoms with van der Waals surface area (Å²) >= 11 is 0. The Bertz CT molecular complexity index is 849. The first-order valence-corrected chi connectivity index (χ1v) is 8.70. The number of sulfonamides is 1. The number of aromatic carboxylic acids is 1. The summed E-state index contributed by atoms with van der Waals surface area (Å²) in [5.41, 5.74) is 1.42. The number of methoxy groups -OCH3 is 1. The van der Waals surface area contributed by atoms with Gasteiger partial charge in [-0.05, 0) is 42.3 Å². The van der Waals surface area contributed by atoms with Gasteiger partial charge >= 0.3 is 5.97 Å². The molecule has 24 heavy (non-hydrogen) atoms. The molecular weight excluding hydrogens is 332 g/mol. The first-order chi connectivity index (χ1) is 11.4. The van der Waals surface area contributed by atoms with Crippen molar-refractivity contribution in [1.29, 1.82) is 0 Å². The molecular formula is C16H18N2O5S. The van der Waals surface area contributed by atoms with Crippen LogP contribution in [0, 0.1) is 0 Å². The Morgan fingerprint density at radius 1 is 1.29 bits per heavy atom. The number of nitrogens with one attached hydrogen (secondary N) is 1. The van der Waals surface area contributed by atoms with E-state index in [1.807, 2.05) is 19.1 Å². The number of hydrogen-bond donors (Lipinski definition) is 2. The highest BCUT2D eigenvalue weighted by Gasteiger charge is 2.19. The molecule has 0 bridgehead atoms. The fourth-order valence-electron chi connectivity index (χ4n) is 2.12. The van der Waals surface area contributed by atoms with Gasteiger partial charge < -0.3 is 9.84 Å². The summed E-state index contributed by atoms with van der Waals surface area (Å²) < 4.78 is 32.1. The van der Waals surface area contributed by atoms with Crippen LogP contribution >= 0.6 is 0 Å². The number of benzene rings is 1. The van der Waals surface area contributed by atoms with Crippen LogP contribution in [0.15, 0.2) is 41.4 Å².